The number of hydrazine groups is 1. The molecule has 29 heavy (non-hydrogen) atoms. The highest BCUT2D eigenvalue weighted by molar-refractivity contribution is 5.95. The van der Waals surface area contributed by atoms with Gasteiger partial charge in [-0.25, -0.2) is 9.50 Å². The number of fused-ring (bicyclic) bond motifs is 1. The summed E-state index contributed by atoms with van der Waals surface area (Å²) in [6.07, 6.45) is -4.91. The molecule has 1 aromatic carbocycles. The van der Waals surface area contributed by atoms with Gasteiger partial charge in [0, 0.05) is 22.5 Å². The summed E-state index contributed by atoms with van der Waals surface area (Å²) in [6, 6.07) is 6.76. The van der Waals surface area contributed by atoms with E-state index < -0.39 is 23.8 Å². The molecule has 0 aliphatic carbocycles. The van der Waals surface area contributed by atoms with Crippen molar-refractivity contribution in [2.45, 2.75) is 33.4 Å². The summed E-state index contributed by atoms with van der Waals surface area (Å²) in [6.45, 7) is 4.96. The highest BCUT2D eigenvalue weighted by Gasteiger charge is 2.37. The number of benzene rings is 1. The number of aryl methyl sites for hydroxylation is 3. The summed E-state index contributed by atoms with van der Waals surface area (Å²) in [5.74, 6) is -2.57. The summed E-state index contributed by atoms with van der Waals surface area (Å²) in [5.41, 5.74) is 6.97. The van der Waals surface area contributed by atoms with E-state index in [2.05, 4.69) is 25.9 Å². The maximum atomic E-state index is 12.8. The zero-order chi connectivity index (χ0) is 21.3. The molecule has 0 unspecified atom stereocenters. The first-order chi connectivity index (χ1) is 13.6. The minimum absolute atomic E-state index is 0.204. The van der Waals surface area contributed by atoms with E-state index >= 15 is 0 Å². The van der Waals surface area contributed by atoms with Crippen molar-refractivity contribution in [2.75, 3.05) is 0 Å². The average Bonchev–Trinajstić information content (AvgIpc) is 3.08. The number of carbonyl (C=O) groups excluding carboxylic acids is 2. The second kappa shape index (κ2) is 7.49. The zero-order valence-electron chi connectivity index (χ0n) is 15.8. The molecule has 0 aliphatic rings. The van der Waals surface area contributed by atoms with Crippen molar-refractivity contribution in [2.24, 2.45) is 0 Å². The van der Waals surface area contributed by atoms with Crippen LogP contribution in [0.1, 0.15) is 38.7 Å². The van der Waals surface area contributed by atoms with E-state index in [0.29, 0.717) is 22.5 Å². The van der Waals surface area contributed by atoms with E-state index in [-0.39, 0.29) is 12.2 Å². The van der Waals surface area contributed by atoms with Crippen LogP contribution in [-0.2, 0) is 17.4 Å². The molecule has 0 aliphatic heterocycles. The summed E-state index contributed by atoms with van der Waals surface area (Å²) in [4.78, 5) is 31.7. The molecule has 0 radical (unpaired) electrons. The molecule has 2 amide bonds. The van der Waals surface area contributed by atoms with Gasteiger partial charge in [0.2, 0.25) is 5.91 Å². The first-order valence-corrected chi connectivity index (χ1v) is 8.52. The molecule has 0 spiro atoms. The molecular formula is C18H17F3N6O2. The Morgan fingerprint density at radius 1 is 1.03 bits per heavy atom. The van der Waals surface area contributed by atoms with Crippen molar-refractivity contribution in [3.05, 3.63) is 58.2 Å². The van der Waals surface area contributed by atoms with Crippen LogP contribution in [0.15, 0.2) is 24.3 Å². The lowest BCUT2D eigenvalue weighted by molar-refractivity contribution is -0.144. The van der Waals surface area contributed by atoms with Crippen LogP contribution in [-0.4, -0.2) is 31.4 Å². The standard InChI is InChI=1S/C18H17F3N6O2/c1-9-4-6-12(7-5-9)15(29)25-24-14(28)8-13-10(2)22-17-23-16(18(19,20)21)26-27(17)11(13)3/h4-7H,8H2,1-3H3,(H,24,28)(H,25,29). The van der Waals surface area contributed by atoms with Crippen LogP contribution in [0.3, 0.4) is 0 Å². The summed E-state index contributed by atoms with van der Waals surface area (Å²) in [5, 5.41) is 3.43. The Balaban J connectivity index is 1.74. The summed E-state index contributed by atoms with van der Waals surface area (Å²) in [7, 11) is 0. The number of rotatable bonds is 3. The minimum Gasteiger partial charge on any atom is -0.273 e. The summed E-state index contributed by atoms with van der Waals surface area (Å²) >= 11 is 0. The van der Waals surface area contributed by atoms with Crippen LogP contribution >= 0.6 is 0 Å². The number of alkyl halides is 3. The van der Waals surface area contributed by atoms with Crippen molar-refractivity contribution in [3.63, 3.8) is 0 Å². The third-order valence-electron chi connectivity index (χ3n) is 4.27. The quantitative estimate of drug-likeness (QED) is 0.649. The van der Waals surface area contributed by atoms with Gasteiger partial charge in [-0.1, -0.05) is 17.7 Å². The van der Waals surface area contributed by atoms with Gasteiger partial charge < -0.3 is 0 Å². The number of hydrogen-bond acceptors (Lipinski definition) is 5. The van der Waals surface area contributed by atoms with E-state index in [4.69, 9.17) is 0 Å². The van der Waals surface area contributed by atoms with Gasteiger partial charge in [-0.2, -0.15) is 18.2 Å². The van der Waals surface area contributed by atoms with Gasteiger partial charge in [0.05, 0.1) is 6.42 Å². The fourth-order valence-corrected chi connectivity index (χ4v) is 2.69. The Bertz CT molecular complexity index is 1090. The molecule has 8 nitrogen and oxygen atoms in total. The monoisotopic (exact) mass is 406 g/mol. The maximum absolute atomic E-state index is 12.8. The van der Waals surface area contributed by atoms with Gasteiger partial charge in [0.1, 0.15) is 0 Å². The molecular weight excluding hydrogens is 389 g/mol. The molecule has 152 valence electrons. The Kier molecular flexibility index (Phi) is 5.23. The van der Waals surface area contributed by atoms with Gasteiger partial charge in [0.25, 0.3) is 17.5 Å². The topological polar surface area (TPSA) is 101 Å². The third kappa shape index (κ3) is 4.33. The lowest BCUT2D eigenvalue weighted by Crippen LogP contribution is -2.42. The van der Waals surface area contributed by atoms with Crippen molar-refractivity contribution in [3.8, 4) is 0 Å². The highest BCUT2D eigenvalue weighted by atomic mass is 19.4. The lowest BCUT2D eigenvalue weighted by atomic mass is 10.1. The van der Waals surface area contributed by atoms with Crippen molar-refractivity contribution in [1.82, 2.24) is 30.4 Å². The van der Waals surface area contributed by atoms with Crippen LogP contribution in [0.5, 0.6) is 0 Å². The Morgan fingerprint density at radius 2 is 1.69 bits per heavy atom. The minimum atomic E-state index is -4.70. The largest absolute Gasteiger partial charge is 0.453 e. The number of halogens is 3. The summed E-state index contributed by atoms with van der Waals surface area (Å²) < 4.78 is 39.5. The lowest BCUT2D eigenvalue weighted by Gasteiger charge is -2.11. The molecule has 3 aromatic rings. The fourth-order valence-electron chi connectivity index (χ4n) is 2.69. The highest BCUT2D eigenvalue weighted by Crippen LogP contribution is 2.27. The number of carbonyl (C=O) groups is 2. The number of amides is 2. The molecule has 0 saturated heterocycles. The number of nitrogens with zero attached hydrogens (tertiary/aromatic N) is 4. The van der Waals surface area contributed by atoms with Crippen LogP contribution in [0.4, 0.5) is 13.2 Å². The van der Waals surface area contributed by atoms with Crippen LogP contribution in [0.2, 0.25) is 0 Å². The fraction of sp³-hybridized carbons (Fsp3) is 0.278. The SMILES string of the molecule is Cc1ccc(C(=O)NNC(=O)Cc2c(C)nc3nc(C(F)(F)F)nn3c2C)cc1. The smallest absolute Gasteiger partial charge is 0.273 e. The van der Waals surface area contributed by atoms with Gasteiger partial charge >= 0.3 is 6.18 Å². The molecule has 0 bridgehead atoms. The zero-order valence-corrected chi connectivity index (χ0v) is 15.8. The van der Waals surface area contributed by atoms with Gasteiger partial charge in [0.15, 0.2) is 0 Å². The first-order valence-electron chi connectivity index (χ1n) is 8.52. The molecule has 3 rings (SSSR count). The van der Waals surface area contributed by atoms with Gasteiger partial charge in [-0.15, -0.1) is 5.10 Å². The van der Waals surface area contributed by atoms with Crippen molar-refractivity contribution in [1.29, 1.82) is 0 Å². The Hall–Kier alpha value is -3.50. The second-order valence-electron chi connectivity index (χ2n) is 6.45. The van der Waals surface area contributed by atoms with Gasteiger partial charge in [-0.05, 0) is 32.9 Å². The van der Waals surface area contributed by atoms with E-state index in [9.17, 15) is 22.8 Å². The van der Waals surface area contributed by atoms with E-state index in [1.165, 1.54) is 6.92 Å². The van der Waals surface area contributed by atoms with Crippen LogP contribution < -0.4 is 10.9 Å². The molecule has 11 heteroatoms. The van der Waals surface area contributed by atoms with E-state index in [1.807, 2.05) is 6.92 Å². The average molecular weight is 406 g/mol. The number of aromatic nitrogens is 4. The van der Waals surface area contributed by atoms with Crippen LogP contribution in [0.25, 0.3) is 5.78 Å². The normalized spacial score (nSPS) is 11.5. The van der Waals surface area contributed by atoms with Crippen molar-refractivity contribution >= 4 is 17.6 Å². The predicted molar refractivity (Wildman–Crippen MR) is 95.7 cm³/mol. The Labute approximate surface area is 163 Å². The van der Waals surface area contributed by atoms with Crippen LogP contribution in [0, 0.1) is 20.8 Å². The van der Waals surface area contributed by atoms with E-state index in [1.54, 1.807) is 31.2 Å². The molecule has 2 N–H and O–H groups in total. The molecule has 2 heterocycles. The Morgan fingerprint density at radius 3 is 2.31 bits per heavy atom. The van der Waals surface area contributed by atoms with Crippen molar-refractivity contribution < 1.29 is 22.8 Å². The molecule has 0 atom stereocenters. The third-order valence-corrected chi connectivity index (χ3v) is 4.27. The second-order valence-corrected chi connectivity index (χ2v) is 6.45. The molecule has 0 saturated carbocycles. The molecule has 2 aromatic heterocycles. The molecule has 0 fully saturated rings. The van der Waals surface area contributed by atoms with E-state index in [0.717, 1.165) is 10.1 Å². The maximum Gasteiger partial charge on any atom is 0.453 e. The number of hydrogen-bond donors (Lipinski definition) is 2. The first kappa shape index (κ1) is 20.2. The predicted octanol–water partition coefficient (Wildman–Crippen LogP) is 2.07. The number of nitrogens with one attached hydrogen (secondary N) is 2. The van der Waals surface area contributed by atoms with Gasteiger partial charge in [-0.3, -0.25) is 20.4 Å².